The number of nitrogens with zero attached hydrogens (tertiary/aromatic N) is 3. The second-order valence-electron chi connectivity index (χ2n) is 5.61. The van der Waals surface area contributed by atoms with E-state index in [0.717, 1.165) is 0 Å². The SMILES string of the molecule is CC(C)C(C)(CN)NC(=O)c1cn(Cc2cccs2)nn1. The van der Waals surface area contributed by atoms with Gasteiger partial charge in [-0.1, -0.05) is 25.1 Å². The zero-order valence-electron chi connectivity index (χ0n) is 12.5. The number of amides is 1. The summed E-state index contributed by atoms with van der Waals surface area (Å²) in [4.78, 5) is 13.4. The van der Waals surface area contributed by atoms with Gasteiger partial charge in [0.2, 0.25) is 0 Å². The molecule has 0 aliphatic heterocycles. The van der Waals surface area contributed by atoms with E-state index in [9.17, 15) is 4.79 Å². The quantitative estimate of drug-likeness (QED) is 0.846. The fraction of sp³-hybridized carbons (Fsp3) is 0.500. The first-order valence-electron chi connectivity index (χ1n) is 6.89. The molecule has 0 aliphatic carbocycles. The Hall–Kier alpha value is -1.73. The molecule has 0 bridgehead atoms. The molecule has 0 saturated heterocycles. The Morgan fingerprint density at radius 3 is 2.90 bits per heavy atom. The van der Waals surface area contributed by atoms with Gasteiger partial charge in [-0.15, -0.1) is 16.4 Å². The van der Waals surface area contributed by atoms with Crippen molar-refractivity contribution in [2.75, 3.05) is 6.54 Å². The summed E-state index contributed by atoms with van der Waals surface area (Å²) in [5, 5.41) is 12.9. The Labute approximate surface area is 128 Å². The van der Waals surface area contributed by atoms with Crippen LogP contribution in [0, 0.1) is 5.92 Å². The number of aromatic nitrogens is 3. The Kier molecular flexibility index (Phi) is 4.74. The minimum absolute atomic E-state index is 0.229. The fourth-order valence-corrected chi connectivity index (χ4v) is 2.49. The largest absolute Gasteiger partial charge is 0.344 e. The maximum atomic E-state index is 12.3. The normalized spacial score (nSPS) is 14.1. The summed E-state index contributed by atoms with van der Waals surface area (Å²) in [6.45, 7) is 6.99. The summed E-state index contributed by atoms with van der Waals surface area (Å²) in [7, 11) is 0. The van der Waals surface area contributed by atoms with Crippen molar-refractivity contribution in [3.05, 3.63) is 34.3 Å². The molecular formula is C14H21N5OS. The van der Waals surface area contributed by atoms with E-state index < -0.39 is 5.54 Å². The first kappa shape index (κ1) is 15.7. The summed E-state index contributed by atoms with van der Waals surface area (Å²) in [5.41, 5.74) is 5.64. The maximum Gasteiger partial charge on any atom is 0.273 e. The van der Waals surface area contributed by atoms with Gasteiger partial charge < -0.3 is 11.1 Å². The molecule has 1 amide bonds. The lowest BCUT2D eigenvalue weighted by Crippen LogP contribution is -2.55. The molecule has 3 N–H and O–H groups in total. The molecule has 0 aliphatic rings. The highest BCUT2D eigenvalue weighted by molar-refractivity contribution is 7.09. The van der Waals surface area contributed by atoms with Crippen LogP contribution in [0.4, 0.5) is 0 Å². The summed E-state index contributed by atoms with van der Waals surface area (Å²) in [6.07, 6.45) is 1.66. The average Bonchev–Trinajstić information content (AvgIpc) is 3.10. The monoisotopic (exact) mass is 307 g/mol. The Morgan fingerprint density at radius 1 is 1.57 bits per heavy atom. The number of nitrogens with one attached hydrogen (secondary N) is 1. The minimum atomic E-state index is -0.450. The lowest BCUT2D eigenvalue weighted by Gasteiger charge is -2.33. The maximum absolute atomic E-state index is 12.3. The third-order valence-electron chi connectivity index (χ3n) is 3.77. The molecule has 114 valence electrons. The molecule has 1 atom stereocenters. The number of hydrogen-bond acceptors (Lipinski definition) is 5. The van der Waals surface area contributed by atoms with Crippen LogP contribution in [0.15, 0.2) is 23.7 Å². The van der Waals surface area contributed by atoms with E-state index in [4.69, 9.17) is 5.73 Å². The third kappa shape index (κ3) is 3.68. The molecule has 2 rings (SSSR count). The summed E-state index contributed by atoms with van der Waals surface area (Å²) in [6, 6.07) is 4.01. The van der Waals surface area contributed by atoms with E-state index in [2.05, 4.69) is 15.6 Å². The molecule has 7 heteroatoms. The van der Waals surface area contributed by atoms with E-state index in [-0.39, 0.29) is 11.8 Å². The van der Waals surface area contributed by atoms with Gasteiger partial charge in [0.05, 0.1) is 18.3 Å². The molecular weight excluding hydrogens is 286 g/mol. The van der Waals surface area contributed by atoms with Gasteiger partial charge in [0.15, 0.2) is 5.69 Å². The lowest BCUT2D eigenvalue weighted by molar-refractivity contribution is 0.0878. The highest BCUT2D eigenvalue weighted by atomic mass is 32.1. The van der Waals surface area contributed by atoms with Gasteiger partial charge in [-0.25, -0.2) is 4.68 Å². The second kappa shape index (κ2) is 6.36. The van der Waals surface area contributed by atoms with Gasteiger partial charge in [-0.2, -0.15) is 0 Å². The molecule has 2 heterocycles. The topological polar surface area (TPSA) is 85.8 Å². The average molecular weight is 307 g/mol. The van der Waals surface area contributed by atoms with Crippen molar-refractivity contribution in [1.82, 2.24) is 20.3 Å². The van der Waals surface area contributed by atoms with Crippen LogP contribution in [0.3, 0.4) is 0 Å². The van der Waals surface area contributed by atoms with Crippen LogP contribution in [0.5, 0.6) is 0 Å². The van der Waals surface area contributed by atoms with Gasteiger partial charge in [-0.05, 0) is 24.3 Å². The van der Waals surface area contributed by atoms with Gasteiger partial charge in [0, 0.05) is 11.4 Å². The van der Waals surface area contributed by atoms with Crippen molar-refractivity contribution >= 4 is 17.2 Å². The fourth-order valence-electron chi connectivity index (χ4n) is 1.80. The number of hydrogen-bond donors (Lipinski definition) is 2. The summed E-state index contributed by atoms with van der Waals surface area (Å²) in [5.74, 6) is -0.0123. The molecule has 0 saturated carbocycles. The van der Waals surface area contributed by atoms with Gasteiger partial charge in [0.25, 0.3) is 5.91 Å². The van der Waals surface area contributed by atoms with Crippen LogP contribution in [0.1, 0.15) is 36.1 Å². The molecule has 2 aromatic rings. The molecule has 21 heavy (non-hydrogen) atoms. The second-order valence-corrected chi connectivity index (χ2v) is 6.64. The third-order valence-corrected chi connectivity index (χ3v) is 4.63. The number of nitrogens with two attached hydrogens (primary N) is 1. The zero-order valence-corrected chi connectivity index (χ0v) is 13.4. The first-order valence-corrected chi connectivity index (χ1v) is 7.77. The van der Waals surface area contributed by atoms with Gasteiger partial charge >= 0.3 is 0 Å². The molecule has 0 aromatic carbocycles. The predicted octanol–water partition coefficient (Wildman–Crippen LogP) is 1.49. The number of rotatable bonds is 6. The smallest absolute Gasteiger partial charge is 0.273 e. The standard InChI is InChI=1S/C14H21N5OS/c1-10(2)14(3,9-15)16-13(20)12-8-19(18-17-12)7-11-5-4-6-21-11/h4-6,8,10H,7,9,15H2,1-3H3,(H,16,20). The minimum Gasteiger partial charge on any atom is -0.344 e. The van der Waals surface area contributed by atoms with E-state index in [1.807, 2.05) is 38.3 Å². The van der Waals surface area contributed by atoms with Crippen molar-refractivity contribution in [3.8, 4) is 0 Å². The van der Waals surface area contributed by atoms with Crippen molar-refractivity contribution in [2.24, 2.45) is 11.7 Å². The number of carbonyl (C=O) groups excluding carboxylic acids is 1. The van der Waals surface area contributed by atoms with Gasteiger partial charge in [0.1, 0.15) is 0 Å². The first-order chi connectivity index (χ1) is 9.94. The lowest BCUT2D eigenvalue weighted by atomic mass is 9.88. The van der Waals surface area contributed by atoms with Crippen LogP contribution in [0.2, 0.25) is 0 Å². The van der Waals surface area contributed by atoms with Crippen LogP contribution < -0.4 is 11.1 Å². The Morgan fingerprint density at radius 2 is 2.33 bits per heavy atom. The number of thiophene rings is 1. The number of carbonyl (C=O) groups is 1. The molecule has 2 aromatic heterocycles. The van der Waals surface area contributed by atoms with Gasteiger partial charge in [-0.3, -0.25) is 4.79 Å². The molecule has 6 nitrogen and oxygen atoms in total. The van der Waals surface area contributed by atoms with Crippen LogP contribution in [0.25, 0.3) is 0 Å². The van der Waals surface area contributed by atoms with E-state index in [0.29, 0.717) is 18.8 Å². The van der Waals surface area contributed by atoms with Crippen LogP contribution >= 0.6 is 11.3 Å². The predicted molar refractivity (Wildman–Crippen MR) is 83.2 cm³/mol. The molecule has 0 radical (unpaired) electrons. The van der Waals surface area contributed by atoms with Crippen molar-refractivity contribution in [2.45, 2.75) is 32.9 Å². The summed E-state index contributed by atoms with van der Waals surface area (Å²) >= 11 is 1.65. The summed E-state index contributed by atoms with van der Waals surface area (Å²) < 4.78 is 1.66. The van der Waals surface area contributed by atoms with Crippen molar-refractivity contribution in [1.29, 1.82) is 0 Å². The van der Waals surface area contributed by atoms with E-state index >= 15 is 0 Å². The molecule has 0 fully saturated rings. The zero-order chi connectivity index (χ0) is 15.5. The Bertz CT molecular complexity index is 592. The van der Waals surface area contributed by atoms with E-state index in [1.54, 1.807) is 22.2 Å². The van der Waals surface area contributed by atoms with Crippen molar-refractivity contribution < 1.29 is 4.79 Å². The molecule has 0 spiro atoms. The molecule has 1 unspecified atom stereocenters. The van der Waals surface area contributed by atoms with Crippen molar-refractivity contribution in [3.63, 3.8) is 0 Å². The van der Waals surface area contributed by atoms with E-state index in [1.165, 1.54) is 4.88 Å². The van der Waals surface area contributed by atoms with Crippen LogP contribution in [-0.2, 0) is 6.54 Å². The highest BCUT2D eigenvalue weighted by Crippen LogP contribution is 2.15. The Balaban J connectivity index is 2.05. The van der Waals surface area contributed by atoms with Crippen LogP contribution in [-0.4, -0.2) is 33.0 Å². The highest BCUT2D eigenvalue weighted by Gasteiger charge is 2.29.